The molecule has 0 aromatic heterocycles. The molecule has 1 aliphatic carbocycles. The Morgan fingerprint density at radius 1 is 1.16 bits per heavy atom. The molecule has 0 unspecified atom stereocenters. The molecule has 0 radical (unpaired) electrons. The zero-order valence-corrected chi connectivity index (χ0v) is 13.9. The molecule has 0 aliphatic heterocycles. The van der Waals surface area contributed by atoms with E-state index < -0.39 is 4.92 Å². The lowest BCUT2D eigenvalue weighted by molar-refractivity contribution is -0.384. The standard InChI is InChI=1S/C19H21N3O3/c23-19(21-16-9-10-16)15-8-11-17(18(13-15)22(24)25)20-12-4-7-14-5-2-1-3-6-14/h1-3,5-6,8,11,13,16,20H,4,7,9-10,12H2,(H,21,23). The summed E-state index contributed by atoms with van der Waals surface area (Å²) in [5, 5.41) is 17.3. The van der Waals surface area contributed by atoms with E-state index in [0.29, 0.717) is 17.8 Å². The number of nitro benzene ring substituents is 1. The molecule has 6 heteroatoms. The largest absolute Gasteiger partial charge is 0.379 e. The molecule has 6 nitrogen and oxygen atoms in total. The van der Waals surface area contributed by atoms with Crippen molar-refractivity contribution in [1.82, 2.24) is 5.32 Å². The number of carbonyl (C=O) groups excluding carboxylic acids is 1. The fraction of sp³-hybridized carbons (Fsp3) is 0.316. The number of benzene rings is 2. The zero-order chi connectivity index (χ0) is 17.6. The molecule has 2 N–H and O–H groups in total. The highest BCUT2D eigenvalue weighted by Gasteiger charge is 2.25. The van der Waals surface area contributed by atoms with Crippen molar-refractivity contribution in [1.29, 1.82) is 0 Å². The Bertz CT molecular complexity index is 758. The number of rotatable bonds is 8. The summed E-state index contributed by atoms with van der Waals surface area (Å²) in [6, 6.07) is 14.9. The summed E-state index contributed by atoms with van der Waals surface area (Å²) in [7, 11) is 0. The molecule has 0 atom stereocenters. The van der Waals surface area contributed by atoms with Crippen LogP contribution in [0.1, 0.15) is 35.2 Å². The van der Waals surface area contributed by atoms with Gasteiger partial charge in [-0.15, -0.1) is 0 Å². The van der Waals surface area contributed by atoms with E-state index in [4.69, 9.17) is 0 Å². The van der Waals surface area contributed by atoms with E-state index in [0.717, 1.165) is 25.7 Å². The van der Waals surface area contributed by atoms with E-state index in [1.807, 2.05) is 18.2 Å². The topological polar surface area (TPSA) is 84.3 Å². The van der Waals surface area contributed by atoms with Gasteiger partial charge in [0.15, 0.2) is 0 Å². The molecule has 0 heterocycles. The van der Waals surface area contributed by atoms with Crippen LogP contribution in [0.15, 0.2) is 48.5 Å². The summed E-state index contributed by atoms with van der Waals surface area (Å²) >= 11 is 0. The number of nitro groups is 1. The summed E-state index contributed by atoms with van der Waals surface area (Å²) in [6.07, 6.45) is 3.73. The van der Waals surface area contributed by atoms with Crippen molar-refractivity contribution < 1.29 is 9.72 Å². The van der Waals surface area contributed by atoms with Crippen molar-refractivity contribution in [3.63, 3.8) is 0 Å². The van der Waals surface area contributed by atoms with Crippen LogP contribution in [0.5, 0.6) is 0 Å². The van der Waals surface area contributed by atoms with E-state index in [9.17, 15) is 14.9 Å². The number of amides is 1. The van der Waals surface area contributed by atoms with Crippen LogP contribution in [0.4, 0.5) is 11.4 Å². The van der Waals surface area contributed by atoms with Gasteiger partial charge in [-0.05, 0) is 43.4 Å². The second-order valence-electron chi connectivity index (χ2n) is 6.25. The highest BCUT2D eigenvalue weighted by atomic mass is 16.6. The molecular weight excluding hydrogens is 318 g/mol. The van der Waals surface area contributed by atoms with E-state index >= 15 is 0 Å². The Kier molecular flexibility index (Phi) is 5.28. The molecule has 130 valence electrons. The average Bonchev–Trinajstić information content (AvgIpc) is 3.43. The highest BCUT2D eigenvalue weighted by molar-refractivity contribution is 5.96. The smallest absolute Gasteiger partial charge is 0.293 e. The highest BCUT2D eigenvalue weighted by Crippen LogP contribution is 2.26. The van der Waals surface area contributed by atoms with Gasteiger partial charge in [0.25, 0.3) is 11.6 Å². The normalized spacial score (nSPS) is 13.3. The summed E-state index contributed by atoms with van der Waals surface area (Å²) in [5.41, 5.74) is 1.95. The van der Waals surface area contributed by atoms with Crippen LogP contribution >= 0.6 is 0 Å². The molecule has 0 saturated heterocycles. The molecule has 1 amide bonds. The number of hydrogen-bond donors (Lipinski definition) is 2. The van der Waals surface area contributed by atoms with Crippen LogP contribution in [0.25, 0.3) is 0 Å². The number of nitrogens with one attached hydrogen (secondary N) is 2. The average molecular weight is 339 g/mol. The van der Waals surface area contributed by atoms with E-state index in [2.05, 4.69) is 22.8 Å². The lowest BCUT2D eigenvalue weighted by Crippen LogP contribution is -2.25. The Hall–Kier alpha value is -2.89. The third-order valence-electron chi connectivity index (χ3n) is 4.17. The van der Waals surface area contributed by atoms with E-state index in [1.54, 1.807) is 12.1 Å². The summed E-state index contributed by atoms with van der Waals surface area (Å²) < 4.78 is 0. The van der Waals surface area contributed by atoms with Crippen LogP contribution in [-0.4, -0.2) is 23.4 Å². The van der Waals surface area contributed by atoms with Crippen molar-refractivity contribution in [2.75, 3.05) is 11.9 Å². The van der Waals surface area contributed by atoms with Crippen LogP contribution in [0.3, 0.4) is 0 Å². The van der Waals surface area contributed by atoms with Crippen LogP contribution < -0.4 is 10.6 Å². The fourth-order valence-corrected chi connectivity index (χ4v) is 2.63. The lowest BCUT2D eigenvalue weighted by atomic mass is 10.1. The SMILES string of the molecule is O=C(NC1CC1)c1ccc(NCCCc2ccccc2)c([N+](=O)[O-])c1. The van der Waals surface area contributed by atoms with Gasteiger partial charge in [0.05, 0.1) is 4.92 Å². The van der Waals surface area contributed by atoms with Gasteiger partial charge in [0.2, 0.25) is 0 Å². The van der Waals surface area contributed by atoms with Gasteiger partial charge in [-0.25, -0.2) is 0 Å². The first-order chi connectivity index (χ1) is 12.1. The Balaban J connectivity index is 1.59. The second kappa shape index (κ2) is 7.79. The first-order valence-electron chi connectivity index (χ1n) is 8.50. The Morgan fingerprint density at radius 2 is 1.92 bits per heavy atom. The first-order valence-corrected chi connectivity index (χ1v) is 8.50. The van der Waals surface area contributed by atoms with Gasteiger partial charge in [-0.2, -0.15) is 0 Å². The van der Waals surface area contributed by atoms with Crippen molar-refractivity contribution >= 4 is 17.3 Å². The predicted molar refractivity (Wildman–Crippen MR) is 96.8 cm³/mol. The van der Waals surface area contributed by atoms with Crippen molar-refractivity contribution in [2.45, 2.75) is 31.7 Å². The second-order valence-corrected chi connectivity index (χ2v) is 6.25. The Morgan fingerprint density at radius 3 is 2.60 bits per heavy atom. The summed E-state index contributed by atoms with van der Waals surface area (Å²) in [5.74, 6) is -0.249. The third kappa shape index (κ3) is 4.79. The van der Waals surface area contributed by atoms with Crippen molar-refractivity contribution in [2.24, 2.45) is 0 Å². The lowest BCUT2D eigenvalue weighted by Gasteiger charge is -2.09. The molecule has 2 aromatic rings. The van der Waals surface area contributed by atoms with E-state index in [-0.39, 0.29) is 17.6 Å². The molecular formula is C19H21N3O3. The maximum absolute atomic E-state index is 12.0. The predicted octanol–water partition coefficient (Wildman–Crippen LogP) is 3.53. The minimum absolute atomic E-state index is 0.0665. The number of nitrogens with zero attached hydrogens (tertiary/aromatic N) is 1. The molecule has 0 bridgehead atoms. The molecule has 2 aromatic carbocycles. The van der Waals surface area contributed by atoms with Gasteiger partial charge in [-0.1, -0.05) is 30.3 Å². The fourth-order valence-electron chi connectivity index (χ4n) is 2.63. The molecule has 25 heavy (non-hydrogen) atoms. The number of hydrogen-bond acceptors (Lipinski definition) is 4. The van der Waals surface area contributed by atoms with Gasteiger partial charge in [0, 0.05) is 24.2 Å². The molecule has 0 spiro atoms. The quantitative estimate of drug-likeness (QED) is 0.438. The van der Waals surface area contributed by atoms with Crippen molar-refractivity contribution in [3.05, 3.63) is 69.8 Å². The summed E-state index contributed by atoms with van der Waals surface area (Å²) in [6.45, 7) is 0.628. The number of anilines is 1. The van der Waals surface area contributed by atoms with Crippen LogP contribution in [0, 0.1) is 10.1 Å². The van der Waals surface area contributed by atoms with E-state index in [1.165, 1.54) is 11.6 Å². The zero-order valence-electron chi connectivity index (χ0n) is 13.9. The molecule has 1 aliphatic rings. The van der Waals surface area contributed by atoms with Gasteiger partial charge < -0.3 is 10.6 Å². The molecule has 1 fully saturated rings. The van der Waals surface area contributed by atoms with Crippen LogP contribution in [-0.2, 0) is 6.42 Å². The van der Waals surface area contributed by atoms with Gasteiger partial charge >= 0.3 is 0 Å². The molecule has 1 saturated carbocycles. The monoisotopic (exact) mass is 339 g/mol. The first kappa shape index (κ1) is 17.0. The number of carbonyl (C=O) groups is 1. The van der Waals surface area contributed by atoms with Crippen molar-refractivity contribution in [3.8, 4) is 0 Å². The molecule has 3 rings (SSSR count). The van der Waals surface area contributed by atoms with Crippen LogP contribution in [0.2, 0.25) is 0 Å². The minimum Gasteiger partial charge on any atom is -0.379 e. The third-order valence-corrected chi connectivity index (χ3v) is 4.17. The summed E-state index contributed by atoms with van der Waals surface area (Å²) in [4.78, 5) is 22.9. The Labute approximate surface area is 146 Å². The number of aryl methyl sites for hydroxylation is 1. The van der Waals surface area contributed by atoms with Gasteiger partial charge in [0.1, 0.15) is 5.69 Å². The minimum atomic E-state index is -0.451. The maximum atomic E-state index is 12.0. The van der Waals surface area contributed by atoms with Gasteiger partial charge in [-0.3, -0.25) is 14.9 Å². The maximum Gasteiger partial charge on any atom is 0.293 e.